The number of methoxy groups -OCH3 is 1. The molecular weight excluding hydrogens is 270 g/mol. The number of amides is 2. The maximum Gasteiger partial charge on any atom is 0.248 e. The molecule has 2 aliphatic heterocycles. The van der Waals surface area contributed by atoms with E-state index in [0.717, 1.165) is 32.2 Å². The summed E-state index contributed by atoms with van der Waals surface area (Å²) in [6.07, 6.45) is 3.89. The number of carbonyl (C=O) groups is 2. The molecule has 2 rings (SSSR count). The van der Waals surface area contributed by atoms with Crippen LogP contribution in [-0.4, -0.2) is 62.1 Å². The number of hydrogen-bond donors (Lipinski definition) is 2. The number of piperidine rings is 2. The minimum absolute atomic E-state index is 0.0323. The van der Waals surface area contributed by atoms with E-state index >= 15 is 0 Å². The lowest BCUT2D eigenvalue weighted by molar-refractivity contribution is -0.136. The van der Waals surface area contributed by atoms with Crippen molar-refractivity contribution in [1.29, 1.82) is 0 Å². The van der Waals surface area contributed by atoms with Crippen LogP contribution >= 0.6 is 0 Å². The van der Waals surface area contributed by atoms with E-state index < -0.39 is 0 Å². The van der Waals surface area contributed by atoms with E-state index in [-0.39, 0.29) is 30.5 Å². The Morgan fingerprint density at radius 1 is 1.29 bits per heavy atom. The Kier molecular flexibility index (Phi) is 5.99. The molecule has 0 radical (unpaired) electrons. The molecule has 2 heterocycles. The van der Waals surface area contributed by atoms with Gasteiger partial charge in [-0.25, -0.2) is 0 Å². The van der Waals surface area contributed by atoms with Gasteiger partial charge in [0.25, 0.3) is 0 Å². The number of ether oxygens (including phenoxy) is 1. The van der Waals surface area contributed by atoms with Crippen molar-refractivity contribution in [1.82, 2.24) is 15.5 Å². The minimum atomic E-state index is -0.0631. The Bertz CT molecular complexity index is 367. The largest absolute Gasteiger partial charge is 0.375 e. The molecule has 0 aromatic carbocycles. The van der Waals surface area contributed by atoms with Gasteiger partial charge in [-0.1, -0.05) is 6.92 Å². The molecule has 0 bridgehead atoms. The Balaban J connectivity index is 1.75. The number of hydrogen-bond acceptors (Lipinski definition) is 4. The van der Waals surface area contributed by atoms with Gasteiger partial charge in [0.2, 0.25) is 11.8 Å². The molecule has 2 N–H and O–H groups in total. The van der Waals surface area contributed by atoms with Gasteiger partial charge in [0.15, 0.2) is 0 Å². The molecule has 0 aromatic rings. The third kappa shape index (κ3) is 4.41. The topological polar surface area (TPSA) is 70.7 Å². The monoisotopic (exact) mass is 297 g/mol. The van der Waals surface area contributed by atoms with Gasteiger partial charge in [0, 0.05) is 26.2 Å². The summed E-state index contributed by atoms with van der Waals surface area (Å²) in [4.78, 5) is 25.9. The molecule has 21 heavy (non-hydrogen) atoms. The Morgan fingerprint density at radius 2 is 2.00 bits per heavy atom. The molecule has 6 heteroatoms. The molecule has 0 aliphatic carbocycles. The lowest BCUT2D eigenvalue weighted by atomic mass is 9.91. The fourth-order valence-electron chi connectivity index (χ4n) is 3.18. The van der Waals surface area contributed by atoms with Gasteiger partial charge in [-0.05, 0) is 38.1 Å². The average Bonchev–Trinajstić information content (AvgIpc) is 2.48. The van der Waals surface area contributed by atoms with Crippen molar-refractivity contribution in [3.63, 3.8) is 0 Å². The van der Waals surface area contributed by atoms with Gasteiger partial charge in [-0.15, -0.1) is 0 Å². The first-order valence-corrected chi connectivity index (χ1v) is 7.92. The maximum atomic E-state index is 12.3. The van der Waals surface area contributed by atoms with E-state index in [9.17, 15) is 9.59 Å². The van der Waals surface area contributed by atoms with Crippen molar-refractivity contribution in [3.05, 3.63) is 0 Å². The van der Waals surface area contributed by atoms with Crippen LogP contribution in [0.15, 0.2) is 0 Å². The van der Waals surface area contributed by atoms with Crippen LogP contribution < -0.4 is 10.6 Å². The van der Waals surface area contributed by atoms with Crippen molar-refractivity contribution in [2.75, 3.05) is 33.4 Å². The Labute approximate surface area is 126 Å². The second-order valence-corrected chi connectivity index (χ2v) is 6.15. The van der Waals surface area contributed by atoms with Gasteiger partial charge >= 0.3 is 0 Å². The second-order valence-electron chi connectivity index (χ2n) is 6.15. The van der Waals surface area contributed by atoms with Crippen LogP contribution in [0.25, 0.3) is 0 Å². The number of likely N-dealkylation sites (tertiary alicyclic amines) is 1. The Morgan fingerprint density at radius 3 is 2.62 bits per heavy atom. The highest BCUT2D eigenvalue weighted by Gasteiger charge is 2.30. The zero-order valence-corrected chi connectivity index (χ0v) is 13.1. The standard InChI is InChI=1S/C15H27N3O3/c1-11-4-3-7-16-14(11)15(20)17-12-5-8-18(9-6-12)13(19)10-21-2/h11-12,14,16H,3-10H2,1-2H3,(H,17,20). The molecule has 0 saturated carbocycles. The molecular formula is C15H27N3O3. The van der Waals surface area contributed by atoms with Gasteiger partial charge in [0.05, 0.1) is 6.04 Å². The number of rotatable bonds is 4. The summed E-state index contributed by atoms with van der Waals surface area (Å²) >= 11 is 0. The van der Waals surface area contributed by atoms with Crippen LogP contribution in [0.3, 0.4) is 0 Å². The van der Waals surface area contributed by atoms with E-state index in [1.807, 2.05) is 4.90 Å². The van der Waals surface area contributed by atoms with Crippen LogP contribution in [0, 0.1) is 5.92 Å². The van der Waals surface area contributed by atoms with Crippen molar-refractivity contribution in [3.8, 4) is 0 Å². The summed E-state index contributed by atoms with van der Waals surface area (Å²) in [5.74, 6) is 0.538. The van der Waals surface area contributed by atoms with E-state index in [1.165, 1.54) is 7.11 Å². The van der Waals surface area contributed by atoms with E-state index in [0.29, 0.717) is 19.0 Å². The van der Waals surface area contributed by atoms with Crippen molar-refractivity contribution in [2.24, 2.45) is 5.92 Å². The normalized spacial score (nSPS) is 27.4. The average molecular weight is 297 g/mol. The first-order chi connectivity index (χ1) is 10.1. The van der Waals surface area contributed by atoms with Crippen LogP contribution in [0.4, 0.5) is 0 Å². The maximum absolute atomic E-state index is 12.3. The van der Waals surface area contributed by atoms with Crippen LogP contribution in [0.5, 0.6) is 0 Å². The highest BCUT2D eigenvalue weighted by molar-refractivity contribution is 5.82. The molecule has 2 atom stereocenters. The summed E-state index contributed by atoms with van der Waals surface area (Å²) in [5, 5.41) is 6.45. The van der Waals surface area contributed by atoms with Gasteiger partial charge < -0.3 is 20.3 Å². The van der Waals surface area contributed by atoms with Crippen LogP contribution in [-0.2, 0) is 14.3 Å². The molecule has 2 aliphatic rings. The quantitative estimate of drug-likeness (QED) is 0.774. The van der Waals surface area contributed by atoms with Crippen LogP contribution in [0.2, 0.25) is 0 Å². The van der Waals surface area contributed by atoms with Crippen molar-refractivity contribution in [2.45, 2.75) is 44.7 Å². The SMILES string of the molecule is COCC(=O)N1CCC(NC(=O)C2NCCCC2C)CC1. The van der Waals surface area contributed by atoms with E-state index in [1.54, 1.807) is 0 Å². The highest BCUT2D eigenvalue weighted by Crippen LogP contribution is 2.17. The zero-order valence-electron chi connectivity index (χ0n) is 13.1. The summed E-state index contributed by atoms with van der Waals surface area (Å²) < 4.78 is 4.87. The Hall–Kier alpha value is -1.14. The number of nitrogens with zero attached hydrogens (tertiary/aromatic N) is 1. The summed E-state index contributed by atoms with van der Waals surface area (Å²) in [6.45, 7) is 4.58. The zero-order chi connectivity index (χ0) is 15.2. The summed E-state index contributed by atoms with van der Waals surface area (Å²) in [5.41, 5.74) is 0. The highest BCUT2D eigenvalue weighted by atomic mass is 16.5. The predicted octanol–water partition coefficient (Wildman–Crippen LogP) is 0.128. The third-order valence-corrected chi connectivity index (χ3v) is 4.51. The summed E-state index contributed by atoms with van der Waals surface area (Å²) in [7, 11) is 1.53. The third-order valence-electron chi connectivity index (χ3n) is 4.51. The lowest BCUT2D eigenvalue weighted by Crippen LogP contribution is -2.55. The fraction of sp³-hybridized carbons (Fsp3) is 0.867. The molecule has 0 spiro atoms. The number of nitrogens with one attached hydrogen (secondary N) is 2. The smallest absolute Gasteiger partial charge is 0.248 e. The molecule has 120 valence electrons. The molecule has 2 fully saturated rings. The van der Waals surface area contributed by atoms with E-state index in [4.69, 9.17) is 4.74 Å². The van der Waals surface area contributed by atoms with Crippen molar-refractivity contribution < 1.29 is 14.3 Å². The van der Waals surface area contributed by atoms with Gasteiger partial charge in [0.1, 0.15) is 6.61 Å². The molecule has 2 saturated heterocycles. The molecule has 0 aromatic heterocycles. The van der Waals surface area contributed by atoms with Gasteiger partial charge in [-0.2, -0.15) is 0 Å². The van der Waals surface area contributed by atoms with E-state index in [2.05, 4.69) is 17.6 Å². The second kappa shape index (κ2) is 7.75. The lowest BCUT2D eigenvalue weighted by Gasteiger charge is -2.35. The number of carbonyl (C=O) groups excluding carboxylic acids is 2. The first-order valence-electron chi connectivity index (χ1n) is 7.92. The minimum Gasteiger partial charge on any atom is -0.375 e. The predicted molar refractivity (Wildman–Crippen MR) is 79.8 cm³/mol. The first kappa shape index (κ1) is 16.2. The van der Waals surface area contributed by atoms with Crippen molar-refractivity contribution >= 4 is 11.8 Å². The fourth-order valence-corrected chi connectivity index (χ4v) is 3.18. The van der Waals surface area contributed by atoms with Gasteiger partial charge in [-0.3, -0.25) is 9.59 Å². The summed E-state index contributed by atoms with van der Waals surface area (Å²) in [6, 6.07) is 0.118. The molecule has 2 amide bonds. The van der Waals surface area contributed by atoms with Crippen LogP contribution in [0.1, 0.15) is 32.6 Å². The molecule has 6 nitrogen and oxygen atoms in total. The molecule has 2 unspecified atom stereocenters.